The van der Waals surface area contributed by atoms with E-state index in [1.165, 1.54) is 24.2 Å². The zero-order chi connectivity index (χ0) is 13.7. The zero-order valence-electron chi connectivity index (χ0n) is 12.3. The lowest BCUT2D eigenvalue weighted by Gasteiger charge is -2.26. The third-order valence-corrected chi connectivity index (χ3v) is 5.27. The van der Waals surface area contributed by atoms with E-state index in [0.717, 1.165) is 24.3 Å². The van der Waals surface area contributed by atoms with Gasteiger partial charge in [0.2, 0.25) is 0 Å². The second kappa shape index (κ2) is 4.34. The number of fused-ring (bicyclic) bond motifs is 2. The van der Waals surface area contributed by atoms with Crippen molar-refractivity contribution in [2.24, 2.45) is 17.8 Å². The number of pyridine rings is 1. The molecule has 0 spiro atoms. The van der Waals surface area contributed by atoms with Gasteiger partial charge in [-0.1, -0.05) is 6.07 Å². The fraction of sp³-hybridized carbons (Fsp3) is 0.529. The Bertz CT molecular complexity index is 585. The summed E-state index contributed by atoms with van der Waals surface area (Å²) in [6.45, 7) is 8.19. The zero-order valence-corrected chi connectivity index (χ0v) is 12.3. The van der Waals surface area contributed by atoms with Crippen LogP contribution in [-0.4, -0.2) is 24.0 Å². The monoisotopic (exact) mass is 269 g/mol. The van der Waals surface area contributed by atoms with Crippen LogP contribution >= 0.6 is 0 Å². The highest BCUT2D eigenvalue weighted by atomic mass is 15.0. The first-order valence-electron chi connectivity index (χ1n) is 7.68. The molecule has 0 bridgehead atoms. The molecular weight excluding hydrogens is 246 g/mol. The van der Waals surface area contributed by atoms with Gasteiger partial charge in [0.25, 0.3) is 0 Å². The smallest absolute Gasteiger partial charge is 0.0453 e. The summed E-state index contributed by atoms with van der Waals surface area (Å²) in [7, 11) is 0. The lowest BCUT2D eigenvalue weighted by Crippen LogP contribution is -2.38. The van der Waals surface area contributed by atoms with Crippen LogP contribution in [-0.2, 0) is 5.54 Å². The van der Waals surface area contributed by atoms with Gasteiger partial charge >= 0.3 is 0 Å². The normalized spacial score (nSPS) is 28.8. The molecule has 2 fully saturated rings. The fourth-order valence-corrected chi connectivity index (χ4v) is 3.72. The summed E-state index contributed by atoms with van der Waals surface area (Å²) < 4.78 is 2.20. The van der Waals surface area contributed by atoms with Gasteiger partial charge in [-0.15, -0.1) is 0 Å². The second-order valence-corrected chi connectivity index (χ2v) is 6.92. The maximum absolute atomic E-state index is 3.79. The van der Waals surface area contributed by atoms with Crippen molar-refractivity contribution in [3.05, 3.63) is 42.2 Å². The molecule has 0 aromatic carbocycles. The number of piperidine rings is 1. The van der Waals surface area contributed by atoms with E-state index in [4.69, 9.17) is 0 Å². The molecule has 1 saturated carbocycles. The van der Waals surface area contributed by atoms with Crippen LogP contribution in [0.3, 0.4) is 0 Å². The Hall–Kier alpha value is -1.32. The van der Waals surface area contributed by atoms with Crippen LogP contribution < -0.4 is 10.6 Å². The summed E-state index contributed by atoms with van der Waals surface area (Å²) in [6.07, 6.45) is 4.36. The van der Waals surface area contributed by atoms with Crippen molar-refractivity contribution >= 4 is 5.52 Å². The molecule has 4 rings (SSSR count). The highest BCUT2D eigenvalue weighted by molar-refractivity contribution is 5.51. The summed E-state index contributed by atoms with van der Waals surface area (Å²) in [4.78, 5) is 0. The summed E-state index contributed by atoms with van der Waals surface area (Å²) >= 11 is 0. The highest BCUT2D eigenvalue weighted by Gasteiger charge is 2.52. The van der Waals surface area contributed by atoms with Gasteiger partial charge < -0.3 is 15.0 Å². The van der Waals surface area contributed by atoms with E-state index in [1.54, 1.807) is 0 Å². The van der Waals surface area contributed by atoms with Crippen LogP contribution in [0.2, 0.25) is 0 Å². The molecule has 3 nitrogen and oxygen atoms in total. The number of hydrogen-bond acceptors (Lipinski definition) is 2. The Morgan fingerprint density at radius 1 is 1.30 bits per heavy atom. The lowest BCUT2D eigenvalue weighted by atomic mass is 9.96. The van der Waals surface area contributed by atoms with Crippen LogP contribution in [0.4, 0.5) is 0 Å². The molecule has 2 N–H and O–H groups in total. The number of hydrogen-bond donors (Lipinski definition) is 2. The summed E-state index contributed by atoms with van der Waals surface area (Å²) in [6, 6.07) is 8.63. The topological polar surface area (TPSA) is 28.5 Å². The Morgan fingerprint density at radius 3 is 2.85 bits per heavy atom. The molecule has 0 amide bonds. The van der Waals surface area contributed by atoms with Crippen molar-refractivity contribution in [2.45, 2.75) is 19.4 Å². The van der Waals surface area contributed by atoms with Gasteiger partial charge in [-0.3, -0.25) is 0 Å². The van der Waals surface area contributed by atoms with E-state index in [2.05, 4.69) is 65.5 Å². The maximum atomic E-state index is 3.79. The molecule has 0 radical (unpaired) electrons. The first-order valence-corrected chi connectivity index (χ1v) is 7.68. The van der Waals surface area contributed by atoms with Crippen molar-refractivity contribution in [2.75, 3.05) is 19.6 Å². The maximum Gasteiger partial charge on any atom is 0.0453 e. The van der Waals surface area contributed by atoms with Crippen molar-refractivity contribution in [3.63, 3.8) is 0 Å². The Balaban J connectivity index is 1.48. The number of aromatic nitrogens is 1. The quantitative estimate of drug-likeness (QED) is 0.891. The average Bonchev–Trinajstić information content (AvgIpc) is 2.87. The molecule has 106 valence electrons. The molecule has 2 aliphatic rings. The van der Waals surface area contributed by atoms with E-state index in [1.807, 2.05) is 0 Å². The largest absolute Gasteiger partial charge is 0.324 e. The lowest BCUT2D eigenvalue weighted by molar-refractivity contribution is 0.379. The van der Waals surface area contributed by atoms with E-state index < -0.39 is 0 Å². The van der Waals surface area contributed by atoms with Gasteiger partial charge in [-0.2, -0.15) is 0 Å². The molecule has 3 heteroatoms. The van der Waals surface area contributed by atoms with Crippen molar-refractivity contribution in [1.82, 2.24) is 15.0 Å². The number of nitrogens with one attached hydrogen (secondary N) is 2. The molecule has 1 aliphatic heterocycles. The van der Waals surface area contributed by atoms with E-state index in [-0.39, 0.29) is 5.54 Å². The van der Waals surface area contributed by atoms with E-state index in [0.29, 0.717) is 0 Å². The molecule has 1 unspecified atom stereocenters. The van der Waals surface area contributed by atoms with Crippen LogP contribution in [0.15, 0.2) is 36.7 Å². The predicted octanol–water partition coefficient (Wildman–Crippen LogP) is 2.23. The summed E-state index contributed by atoms with van der Waals surface area (Å²) in [5.41, 5.74) is 2.67. The standard InChI is InChI=1S/C17H23N3/c1-17(2,19-10-16-14-8-18-9-15(14)16)12-7-13-5-3-4-6-20(13)11-12/h3-7,11,14-16,18-19H,8-10H2,1-2H3/t14-,15+,16?. The molecule has 2 aromatic rings. The third-order valence-electron chi connectivity index (χ3n) is 5.27. The van der Waals surface area contributed by atoms with Gasteiger partial charge in [0, 0.05) is 23.4 Å². The van der Waals surface area contributed by atoms with Gasteiger partial charge in [-0.05, 0) is 75.0 Å². The number of rotatable bonds is 4. The average molecular weight is 269 g/mol. The van der Waals surface area contributed by atoms with Crippen molar-refractivity contribution < 1.29 is 0 Å². The minimum absolute atomic E-state index is 0.0380. The van der Waals surface area contributed by atoms with Crippen molar-refractivity contribution in [1.29, 1.82) is 0 Å². The van der Waals surface area contributed by atoms with Crippen LogP contribution in [0.5, 0.6) is 0 Å². The Morgan fingerprint density at radius 2 is 2.10 bits per heavy atom. The second-order valence-electron chi connectivity index (χ2n) is 6.92. The molecule has 1 aliphatic carbocycles. The van der Waals surface area contributed by atoms with Crippen LogP contribution in [0.1, 0.15) is 19.4 Å². The van der Waals surface area contributed by atoms with Crippen molar-refractivity contribution in [3.8, 4) is 0 Å². The minimum Gasteiger partial charge on any atom is -0.324 e. The molecule has 2 aromatic heterocycles. The fourth-order valence-electron chi connectivity index (χ4n) is 3.72. The predicted molar refractivity (Wildman–Crippen MR) is 81.8 cm³/mol. The summed E-state index contributed by atoms with van der Waals surface area (Å²) in [5, 5.41) is 7.25. The molecule has 1 saturated heterocycles. The van der Waals surface area contributed by atoms with E-state index in [9.17, 15) is 0 Å². The van der Waals surface area contributed by atoms with Gasteiger partial charge in [0.1, 0.15) is 0 Å². The number of nitrogens with zero attached hydrogens (tertiary/aromatic N) is 1. The summed E-state index contributed by atoms with van der Waals surface area (Å²) in [5.74, 6) is 2.77. The third kappa shape index (κ3) is 1.97. The first kappa shape index (κ1) is 12.4. The molecule has 3 heterocycles. The van der Waals surface area contributed by atoms with Crippen LogP contribution in [0, 0.1) is 17.8 Å². The Labute approximate surface area is 120 Å². The van der Waals surface area contributed by atoms with Crippen LogP contribution in [0.25, 0.3) is 5.52 Å². The van der Waals surface area contributed by atoms with E-state index >= 15 is 0 Å². The van der Waals surface area contributed by atoms with Gasteiger partial charge in [0.15, 0.2) is 0 Å². The SMILES string of the molecule is CC(C)(NCC1[C@H]2CNC[C@@H]12)c1cc2ccccn2c1. The molecule has 20 heavy (non-hydrogen) atoms. The highest BCUT2D eigenvalue weighted by Crippen LogP contribution is 2.48. The molecule has 3 atom stereocenters. The van der Waals surface area contributed by atoms with Gasteiger partial charge in [0.05, 0.1) is 0 Å². The van der Waals surface area contributed by atoms with Gasteiger partial charge in [-0.25, -0.2) is 0 Å². The first-order chi connectivity index (χ1) is 9.65. The molecular formula is C17H23N3. The minimum atomic E-state index is 0.0380. The Kier molecular flexibility index (Phi) is 2.69.